The second-order valence-corrected chi connectivity index (χ2v) is 13.7. The zero-order chi connectivity index (χ0) is 31.9. The largest absolute Gasteiger partial charge is 0.492 e. The van der Waals surface area contributed by atoms with E-state index in [1.165, 1.54) is 12.0 Å². The molecule has 1 fully saturated rings. The zero-order valence-electron chi connectivity index (χ0n) is 25.9. The van der Waals surface area contributed by atoms with E-state index in [1.54, 1.807) is 65.8 Å². The maximum absolute atomic E-state index is 13.7. The Morgan fingerprint density at radius 3 is 2.12 bits per heavy atom. The number of benzene rings is 2. The van der Waals surface area contributed by atoms with Crippen molar-refractivity contribution in [1.29, 1.82) is 0 Å². The Labute approximate surface area is 252 Å². The number of urea groups is 1. The van der Waals surface area contributed by atoms with Gasteiger partial charge in [-0.25, -0.2) is 13.2 Å². The van der Waals surface area contributed by atoms with Gasteiger partial charge in [0.15, 0.2) is 5.75 Å². The highest BCUT2D eigenvalue weighted by Gasteiger charge is 2.28. The monoisotopic (exact) mass is 612 g/mol. The minimum absolute atomic E-state index is 0.0869. The van der Waals surface area contributed by atoms with Gasteiger partial charge in [-0.2, -0.15) is 0 Å². The first-order valence-electron chi connectivity index (χ1n) is 13.9. The molecule has 4 rings (SSSR count). The van der Waals surface area contributed by atoms with Crippen LogP contribution < -0.4 is 14.8 Å². The number of carbonyl (C=O) groups excluding carboxylic acids is 3. The molecule has 0 aliphatic carbocycles. The SMILES string of the molecule is COc1c(NC(=O)c2cc3cccc(C(=O)N4CCN(C(=O)N(C)C)CC4)c3n2C)cc(C(C)(C)C)cc1NS(C)(=O)=O. The van der Waals surface area contributed by atoms with Gasteiger partial charge in [0.25, 0.3) is 11.8 Å². The number of amides is 4. The standard InChI is InChI=1S/C30H40N6O6S/c1-30(2,3)20-17-22(26(42-7)23(18-20)32-43(8,40)41)31-27(37)24-16-19-10-9-11-21(25(19)34(24)6)28(38)35-12-14-36(15-13-35)29(39)33(4)5/h9-11,16-18,32H,12-15H2,1-8H3,(H,31,37). The molecular weight excluding hydrogens is 572 g/mol. The summed E-state index contributed by atoms with van der Waals surface area (Å²) in [4.78, 5) is 44.6. The van der Waals surface area contributed by atoms with Crippen LogP contribution in [0.2, 0.25) is 0 Å². The Hall–Kier alpha value is -4.26. The van der Waals surface area contributed by atoms with Crippen molar-refractivity contribution in [3.63, 3.8) is 0 Å². The van der Waals surface area contributed by atoms with E-state index in [0.29, 0.717) is 48.6 Å². The summed E-state index contributed by atoms with van der Waals surface area (Å²) in [5.74, 6) is -0.456. The molecule has 0 spiro atoms. The predicted molar refractivity (Wildman–Crippen MR) is 168 cm³/mol. The van der Waals surface area contributed by atoms with Gasteiger partial charge in [-0.05, 0) is 35.2 Å². The third-order valence-electron chi connectivity index (χ3n) is 7.44. The maximum atomic E-state index is 13.7. The van der Waals surface area contributed by atoms with Crippen molar-refractivity contribution < 1.29 is 27.5 Å². The van der Waals surface area contributed by atoms with E-state index < -0.39 is 15.9 Å². The molecule has 2 heterocycles. The Morgan fingerprint density at radius 1 is 0.953 bits per heavy atom. The molecule has 12 nitrogen and oxygen atoms in total. The van der Waals surface area contributed by atoms with Crippen LogP contribution in [0.25, 0.3) is 10.9 Å². The average Bonchev–Trinajstić information content (AvgIpc) is 3.27. The van der Waals surface area contributed by atoms with Crippen molar-refractivity contribution in [3.8, 4) is 5.75 Å². The highest BCUT2D eigenvalue weighted by molar-refractivity contribution is 7.92. The van der Waals surface area contributed by atoms with E-state index in [4.69, 9.17) is 4.74 Å². The Balaban J connectivity index is 1.67. The number of anilines is 2. The van der Waals surface area contributed by atoms with E-state index in [1.807, 2.05) is 26.8 Å². The molecule has 13 heteroatoms. The predicted octanol–water partition coefficient (Wildman–Crippen LogP) is 3.55. The lowest BCUT2D eigenvalue weighted by atomic mass is 9.86. The van der Waals surface area contributed by atoms with Gasteiger partial charge in [0, 0.05) is 52.7 Å². The van der Waals surface area contributed by atoms with Gasteiger partial charge in [0.1, 0.15) is 5.69 Å². The summed E-state index contributed by atoms with van der Waals surface area (Å²) >= 11 is 0. The molecule has 2 N–H and O–H groups in total. The van der Waals surface area contributed by atoms with Crippen molar-refractivity contribution in [1.82, 2.24) is 19.3 Å². The van der Waals surface area contributed by atoms with E-state index in [9.17, 15) is 22.8 Å². The lowest BCUT2D eigenvalue weighted by Gasteiger charge is -2.36. The number of hydrogen-bond acceptors (Lipinski definition) is 6. The van der Waals surface area contributed by atoms with Gasteiger partial charge in [-0.3, -0.25) is 14.3 Å². The van der Waals surface area contributed by atoms with Gasteiger partial charge in [0.2, 0.25) is 10.0 Å². The average molecular weight is 613 g/mol. The molecule has 2 aromatic carbocycles. The number of para-hydroxylation sites is 1. The number of nitrogens with one attached hydrogen (secondary N) is 2. The molecule has 0 unspecified atom stereocenters. The van der Waals surface area contributed by atoms with Crippen LogP contribution in [-0.4, -0.2) is 99.2 Å². The first kappa shape index (κ1) is 31.7. The molecule has 0 atom stereocenters. The number of carbonyl (C=O) groups is 3. The molecule has 232 valence electrons. The third-order valence-corrected chi connectivity index (χ3v) is 8.03. The van der Waals surface area contributed by atoms with Gasteiger partial charge in [-0.15, -0.1) is 0 Å². The van der Waals surface area contributed by atoms with E-state index in [0.717, 1.165) is 17.2 Å². The first-order valence-corrected chi connectivity index (χ1v) is 15.8. The van der Waals surface area contributed by atoms with Crippen molar-refractivity contribution in [2.75, 3.05) is 63.7 Å². The maximum Gasteiger partial charge on any atom is 0.319 e. The summed E-state index contributed by atoms with van der Waals surface area (Å²) in [5, 5.41) is 3.62. The summed E-state index contributed by atoms with van der Waals surface area (Å²) in [6.45, 7) is 7.62. The quantitative estimate of drug-likeness (QED) is 0.438. The molecule has 1 aliphatic rings. The van der Waals surface area contributed by atoms with Crippen LogP contribution >= 0.6 is 0 Å². The fourth-order valence-corrected chi connectivity index (χ4v) is 5.75. The number of hydrogen-bond donors (Lipinski definition) is 2. The van der Waals surface area contributed by atoms with Gasteiger partial charge < -0.3 is 29.3 Å². The topological polar surface area (TPSA) is 133 Å². The molecule has 0 radical (unpaired) electrons. The normalized spacial score (nSPS) is 14.0. The van der Waals surface area contributed by atoms with Crippen LogP contribution in [0.5, 0.6) is 5.75 Å². The van der Waals surface area contributed by atoms with E-state index in [-0.39, 0.29) is 28.8 Å². The highest BCUT2D eigenvalue weighted by atomic mass is 32.2. The lowest BCUT2D eigenvalue weighted by Crippen LogP contribution is -2.52. The van der Waals surface area contributed by atoms with Gasteiger partial charge in [0.05, 0.1) is 35.8 Å². The number of methoxy groups -OCH3 is 1. The number of piperazine rings is 1. The van der Waals surface area contributed by atoms with Crippen LogP contribution in [0, 0.1) is 0 Å². The second kappa shape index (κ2) is 11.8. The van der Waals surface area contributed by atoms with Crippen LogP contribution in [0.4, 0.5) is 16.2 Å². The number of aryl methyl sites for hydroxylation is 1. The molecule has 0 saturated carbocycles. The lowest BCUT2D eigenvalue weighted by molar-refractivity contribution is 0.0651. The van der Waals surface area contributed by atoms with Crippen LogP contribution in [-0.2, 0) is 22.5 Å². The molecule has 1 aromatic heterocycles. The minimum atomic E-state index is -3.63. The number of aromatic nitrogens is 1. The molecule has 0 bridgehead atoms. The zero-order valence-corrected chi connectivity index (χ0v) is 26.8. The van der Waals surface area contributed by atoms with Crippen molar-refractivity contribution >= 4 is 50.1 Å². The van der Waals surface area contributed by atoms with Crippen LogP contribution in [0.3, 0.4) is 0 Å². The molecule has 1 saturated heterocycles. The summed E-state index contributed by atoms with van der Waals surface area (Å²) in [5.41, 5.74) is 2.31. The van der Waals surface area contributed by atoms with Gasteiger partial charge in [-0.1, -0.05) is 32.9 Å². The minimum Gasteiger partial charge on any atom is -0.492 e. The number of ether oxygens (including phenoxy) is 1. The second-order valence-electron chi connectivity index (χ2n) is 12.0. The molecule has 3 aromatic rings. The smallest absolute Gasteiger partial charge is 0.319 e. The summed E-state index contributed by atoms with van der Waals surface area (Å²) in [6.07, 6.45) is 1.05. The Kier molecular flexibility index (Phi) is 8.68. The number of fused-ring (bicyclic) bond motifs is 1. The summed E-state index contributed by atoms with van der Waals surface area (Å²) in [6, 6.07) is 10.4. The fraction of sp³-hybridized carbons (Fsp3) is 0.433. The number of rotatable bonds is 6. The van der Waals surface area contributed by atoms with Crippen LogP contribution in [0.15, 0.2) is 36.4 Å². The van der Waals surface area contributed by atoms with Crippen molar-refractivity contribution in [2.45, 2.75) is 26.2 Å². The van der Waals surface area contributed by atoms with E-state index >= 15 is 0 Å². The first-order chi connectivity index (χ1) is 20.0. The Bertz CT molecular complexity index is 1680. The molecular formula is C30H40N6O6S. The highest BCUT2D eigenvalue weighted by Crippen LogP contribution is 2.39. The van der Waals surface area contributed by atoms with E-state index in [2.05, 4.69) is 10.0 Å². The molecule has 4 amide bonds. The summed E-state index contributed by atoms with van der Waals surface area (Å²) in [7, 11) is 2.90. The summed E-state index contributed by atoms with van der Waals surface area (Å²) < 4.78 is 33.9. The molecule has 1 aliphatic heterocycles. The number of nitrogens with zero attached hydrogens (tertiary/aromatic N) is 4. The van der Waals surface area contributed by atoms with Crippen LogP contribution in [0.1, 0.15) is 47.2 Å². The third kappa shape index (κ3) is 6.71. The molecule has 43 heavy (non-hydrogen) atoms. The number of sulfonamides is 1. The van der Waals surface area contributed by atoms with Crippen molar-refractivity contribution in [2.24, 2.45) is 7.05 Å². The fourth-order valence-electron chi connectivity index (χ4n) is 5.20. The Morgan fingerprint density at radius 2 is 1.56 bits per heavy atom. The van der Waals surface area contributed by atoms with Gasteiger partial charge >= 0.3 is 6.03 Å². The van der Waals surface area contributed by atoms with Crippen molar-refractivity contribution in [3.05, 3.63) is 53.2 Å².